The van der Waals surface area contributed by atoms with Crippen LogP contribution in [0.1, 0.15) is 20.3 Å². The summed E-state index contributed by atoms with van der Waals surface area (Å²) in [6.07, 6.45) is 0.830. The van der Waals surface area contributed by atoms with Gasteiger partial charge in [-0.25, -0.2) is 0 Å². The van der Waals surface area contributed by atoms with Crippen LogP contribution in [0.15, 0.2) is 30.3 Å². The lowest BCUT2D eigenvalue weighted by atomic mass is 9.99. The second kappa shape index (κ2) is 7.65. The average Bonchev–Trinajstić information content (AvgIpc) is 2.45. The van der Waals surface area contributed by atoms with Gasteiger partial charge in [-0.2, -0.15) is 0 Å². The Kier molecular flexibility index (Phi) is 6.18. The summed E-state index contributed by atoms with van der Waals surface area (Å²) in [6.45, 7) is 3.91. The Morgan fingerprint density at radius 3 is 2.45 bits per heavy atom. The number of nitrogens with two attached hydrogens (primary N) is 1. The number of nitrogens with zero attached hydrogens (tertiary/aromatic N) is 1. The van der Waals surface area contributed by atoms with Gasteiger partial charge in [-0.05, 0) is 18.1 Å². The van der Waals surface area contributed by atoms with E-state index in [1.54, 1.807) is 19.2 Å². The van der Waals surface area contributed by atoms with E-state index in [1.807, 2.05) is 32.0 Å². The molecular weight excluding hydrogens is 254 g/mol. The molecule has 0 aromatic heterocycles. The highest BCUT2D eigenvalue weighted by Gasteiger charge is 2.23. The average molecular weight is 277 g/mol. The highest BCUT2D eigenvalue weighted by atomic mass is 16.2. The molecule has 0 saturated heterocycles. The number of anilines is 1. The van der Waals surface area contributed by atoms with Crippen molar-refractivity contribution in [2.45, 2.75) is 26.3 Å². The van der Waals surface area contributed by atoms with Crippen molar-refractivity contribution in [2.75, 3.05) is 18.9 Å². The molecule has 0 spiro atoms. The first-order chi connectivity index (χ1) is 9.45. The van der Waals surface area contributed by atoms with E-state index in [2.05, 4.69) is 5.32 Å². The monoisotopic (exact) mass is 277 g/mol. The number of para-hydroxylation sites is 1. The molecule has 0 aliphatic heterocycles. The fourth-order valence-corrected chi connectivity index (χ4v) is 1.77. The molecule has 0 heterocycles. The number of carbonyl (C=O) groups excluding carboxylic acids is 2. The van der Waals surface area contributed by atoms with Crippen molar-refractivity contribution in [3.05, 3.63) is 30.3 Å². The van der Waals surface area contributed by atoms with Crippen molar-refractivity contribution in [2.24, 2.45) is 11.7 Å². The maximum atomic E-state index is 12.1. The number of benzene rings is 1. The quantitative estimate of drug-likeness (QED) is 0.826. The maximum Gasteiger partial charge on any atom is 0.243 e. The number of nitrogens with one attached hydrogen (secondary N) is 1. The third kappa shape index (κ3) is 4.66. The first-order valence-electron chi connectivity index (χ1n) is 6.81. The minimum atomic E-state index is -0.561. The minimum absolute atomic E-state index is 0.00212. The molecule has 3 N–H and O–H groups in total. The van der Waals surface area contributed by atoms with Gasteiger partial charge in [-0.15, -0.1) is 0 Å². The molecular formula is C15H23N3O2. The zero-order chi connectivity index (χ0) is 15.1. The molecule has 1 unspecified atom stereocenters. The molecule has 0 aliphatic carbocycles. The Labute approximate surface area is 120 Å². The van der Waals surface area contributed by atoms with Crippen molar-refractivity contribution in [3.8, 4) is 0 Å². The van der Waals surface area contributed by atoms with E-state index in [9.17, 15) is 9.59 Å². The van der Waals surface area contributed by atoms with E-state index in [4.69, 9.17) is 5.73 Å². The van der Waals surface area contributed by atoms with Gasteiger partial charge in [0.25, 0.3) is 0 Å². The van der Waals surface area contributed by atoms with Crippen molar-refractivity contribution in [1.29, 1.82) is 0 Å². The second-order valence-electron chi connectivity index (χ2n) is 5.02. The Balaban J connectivity index is 2.51. The van der Waals surface area contributed by atoms with Crippen LogP contribution in [-0.2, 0) is 9.59 Å². The molecule has 5 heteroatoms. The summed E-state index contributed by atoms with van der Waals surface area (Å²) in [5.74, 6) is -0.340. The van der Waals surface area contributed by atoms with Gasteiger partial charge in [0.05, 0.1) is 12.6 Å². The largest absolute Gasteiger partial charge is 0.335 e. The smallest absolute Gasteiger partial charge is 0.243 e. The molecule has 0 fully saturated rings. The van der Waals surface area contributed by atoms with Gasteiger partial charge in [0, 0.05) is 12.7 Å². The van der Waals surface area contributed by atoms with Crippen molar-refractivity contribution in [3.63, 3.8) is 0 Å². The van der Waals surface area contributed by atoms with Crippen LogP contribution in [0.4, 0.5) is 5.69 Å². The van der Waals surface area contributed by atoms with Crippen molar-refractivity contribution < 1.29 is 9.59 Å². The third-order valence-corrected chi connectivity index (χ3v) is 3.36. The number of rotatable bonds is 6. The van der Waals surface area contributed by atoms with Gasteiger partial charge in [0.1, 0.15) is 0 Å². The normalized spacial score (nSPS) is 13.4. The molecule has 2 amide bonds. The number of carbonyl (C=O) groups is 2. The van der Waals surface area contributed by atoms with E-state index in [0.29, 0.717) is 5.69 Å². The molecule has 0 saturated carbocycles. The molecule has 5 nitrogen and oxygen atoms in total. The number of likely N-dealkylation sites (N-methyl/N-ethyl adjacent to an activating group) is 1. The van der Waals surface area contributed by atoms with Crippen LogP contribution in [0, 0.1) is 5.92 Å². The van der Waals surface area contributed by atoms with Gasteiger partial charge in [0.15, 0.2) is 0 Å². The number of hydrogen-bond donors (Lipinski definition) is 2. The molecule has 1 aromatic carbocycles. The first-order valence-corrected chi connectivity index (χ1v) is 6.81. The first kappa shape index (κ1) is 16.2. The summed E-state index contributed by atoms with van der Waals surface area (Å²) in [5.41, 5.74) is 6.59. The zero-order valence-corrected chi connectivity index (χ0v) is 12.3. The van der Waals surface area contributed by atoms with E-state index in [0.717, 1.165) is 6.42 Å². The highest BCUT2D eigenvalue weighted by molar-refractivity contribution is 5.95. The molecule has 2 atom stereocenters. The molecule has 0 bridgehead atoms. The van der Waals surface area contributed by atoms with Gasteiger partial charge >= 0.3 is 0 Å². The van der Waals surface area contributed by atoms with E-state index in [1.165, 1.54) is 4.90 Å². The summed E-state index contributed by atoms with van der Waals surface area (Å²) in [7, 11) is 1.59. The highest BCUT2D eigenvalue weighted by Crippen LogP contribution is 2.08. The Morgan fingerprint density at radius 2 is 1.90 bits per heavy atom. The van der Waals surface area contributed by atoms with Gasteiger partial charge in [-0.3, -0.25) is 9.59 Å². The topological polar surface area (TPSA) is 75.4 Å². The summed E-state index contributed by atoms with van der Waals surface area (Å²) in [6, 6.07) is 8.58. The SMILES string of the molecule is CCC(C)[C@H](N)C(=O)N(C)CC(=O)Nc1ccccc1. The Morgan fingerprint density at radius 1 is 1.30 bits per heavy atom. The van der Waals surface area contributed by atoms with Crippen molar-refractivity contribution in [1.82, 2.24) is 4.90 Å². The molecule has 110 valence electrons. The maximum absolute atomic E-state index is 12.1. The number of amides is 2. The van der Waals surface area contributed by atoms with Gasteiger partial charge in [-0.1, -0.05) is 38.5 Å². The molecule has 20 heavy (non-hydrogen) atoms. The molecule has 0 radical (unpaired) electrons. The molecule has 1 rings (SSSR count). The standard InChI is InChI=1S/C15H23N3O2/c1-4-11(2)14(16)15(20)18(3)10-13(19)17-12-8-6-5-7-9-12/h5-9,11,14H,4,10,16H2,1-3H3,(H,17,19)/t11?,14-/m0/s1. The summed E-state index contributed by atoms with van der Waals surface area (Å²) >= 11 is 0. The van der Waals surface area contributed by atoms with Crippen LogP contribution in [0.25, 0.3) is 0 Å². The van der Waals surface area contributed by atoms with Crippen LogP contribution in [0.5, 0.6) is 0 Å². The lowest BCUT2D eigenvalue weighted by Gasteiger charge is -2.24. The van der Waals surface area contributed by atoms with Crippen LogP contribution in [0.3, 0.4) is 0 Å². The molecule has 1 aromatic rings. The Hall–Kier alpha value is -1.88. The van der Waals surface area contributed by atoms with Crippen LogP contribution >= 0.6 is 0 Å². The minimum Gasteiger partial charge on any atom is -0.335 e. The third-order valence-electron chi connectivity index (χ3n) is 3.36. The predicted octanol–water partition coefficient (Wildman–Crippen LogP) is 1.46. The van der Waals surface area contributed by atoms with E-state index >= 15 is 0 Å². The van der Waals surface area contributed by atoms with Gasteiger partial charge < -0.3 is 16.0 Å². The van der Waals surface area contributed by atoms with Crippen LogP contribution < -0.4 is 11.1 Å². The van der Waals surface area contributed by atoms with E-state index in [-0.39, 0.29) is 24.3 Å². The lowest BCUT2D eigenvalue weighted by molar-refractivity contribution is -0.135. The Bertz CT molecular complexity index is 448. The van der Waals surface area contributed by atoms with Crippen molar-refractivity contribution >= 4 is 17.5 Å². The zero-order valence-electron chi connectivity index (χ0n) is 12.3. The molecule has 0 aliphatic rings. The van der Waals surface area contributed by atoms with Crippen LogP contribution in [0.2, 0.25) is 0 Å². The van der Waals surface area contributed by atoms with Crippen LogP contribution in [-0.4, -0.2) is 36.3 Å². The fourth-order valence-electron chi connectivity index (χ4n) is 1.77. The lowest BCUT2D eigenvalue weighted by Crippen LogP contribution is -2.47. The number of hydrogen-bond acceptors (Lipinski definition) is 3. The summed E-state index contributed by atoms with van der Waals surface area (Å²) in [5, 5.41) is 2.74. The fraction of sp³-hybridized carbons (Fsp3) is 0.467. The summed E-state index contributed by atoms with van der Waals surface area (Å²) in [4.78, 5) is 25.3. The summed E-state index contributed by atoms with van der Waals surface area (Å²) < 4.78 is 0. The van der Waals surface area contributed by atoms with E-state index < -0.39 is 6.04 Å². The predicted molar refractivity (Wildman–Crippen MR) is 80.1 cm³/mol. The van der Waals surface area contributed by atoms with Gasteiger partial charge in [0.2, 0.25) is 11.8 Å². The second-order valence-corrected chi connectivity index (χ2v) is 5.02.